The molecule has 172 valence electrons. The minimum Gasteiger partial charge on any atom is -0.481 e. The summed E-state index contributed by atoms with van der Waals surface area (Å²) in [5, 5.41) is 2.68. The Morgan fingerprint density at radius 2 is 1.76 bits per heavy atom. The van der Waals surface area contributed by atoms with Gasteiger partial charge in [-0.15, -0.1) is 0 Å². The zero-order valence-corrected chi connectivity index (χ0v) is 19.1. The Labute approximate surface area is 197 Å². The molecular formula is C25H22N4O4S. The molecule has 0 bridgehead atoms. The first-order valence-corrected chi connectivity index (χ1v) is 11.7. The van der Waals surface area contributed by atoms with Gasteiger partial charge in [-0.1, -0.05) is 24.3 Å². The number of hydrogen-bond donors (Lipinski definition) is 2. The van der Waals surface area contributed by atoms with Gasteiger partial charge >= 0.3 is 0 Å². The van der Waals surface area contributed by atoms with Crippen LogP contribution >= 0.6 is 0 Å². The van der Waals surface area contributed by atoms with Gasteiger partial charge in [0.05, 0.1) is 23.4 Å². The average Bonchev–Trinajstić information content (AvgIpc) is 3.34. The molecule has 9 heteroatoms. The molecule has 0 aliphatic rings. The van der Waals surface area contributed by atoms with E-state index < -0.39 is 10.0 Å². The van der Waals surface area contributed by atoms with Gasteiger partial charge in [0.25, 0.3) is 10.0 Å². The third kappa shape index (κ3) is 5.00. The van der Waals surface area contributed by atoms with Crippen LogP contribution in [0.1, 0.15) is 5.56 Å². The summed E-state index contributed by atoms with van der Waals surface area (Å²) in [7, 11) is -2.25. The molecular weight excluding hydrogens is 452 g/mol. The highest BCUT2D eigenvalue weighted by Crippen LogP contribution is 2.24. The predicted octanol–water partition coefficient (Wildman–Crippen LogP) is 4.03. The maximum absolute atomic E-state index is 13.0. The highest BCUT2D eigenvalue weighted by molar-refractivity contribution is 7.90. The molecule has 0 aliphatic carbocycles. The summed E-state index contributed by atoms with van der Waals surface area (Å²) in [6.45, 7) is 0. The van der Waals surface area contributed by atoms with Gasteiger partial charge in [-0.3, -0.25) is 4.79 Å². The second-order valence-corrected chi connectivity index (χ2v) is 9.15. The van der Waals surface area contributed by atoms with E-state index in [1.54, 1.807) is 74.0 Å². The van der Waals surface area contributed by atoms with E-state index in [0.29, 0.717) is 22.8 Å². The topological polar surface area (TPSA) is 116 Å². The fraction of sp³-hybridized carbons (Fsp3) is 0.0400. The van der Waals surface area contributed by atoms with Gasteiger partial charge in [-0.05, 0) is 53.6 Å². The maximum Gasteiger partial charge on any atom is 0.267 e. The van der Waals surface area contributed by atoms with Gasteiger partial charge in [0.2, 0.25) is 11.8 Å². The normalized spacial score (nSPS) is 11.4. The highest BCUT2D eigenvalue weighted by atomic mass is 32.2. The van der Waals surface area contributed by atoms with E-state index in [9.17, 15) is 13.2 Å². The van der Waals surface area contributed by atoms with Gasteiger partial charge in [0.1, 0.15) is 0 Å². The van der Waals surface area contributed by atoms with Crippen LogP contribution in [0.4, 0.5) is 11.4 Å². The number of benzene rings is 2. The summed E-state index contributed by atoms with van der Waals surface area (Å²) in [6, 6.07) is 18.6. The van der Waals surface area contributed by atoms with Crippen molar-refractivity contribution in [1.29, 1.82) is 0 Å². The Morgan fingerprint density at radius 1 is 1.03 bits per heavy atom. The fourth-order valence-corrected chi connectivity index (χ4v) is 4.42. The van der Waals surface area contributed by atoms with E-state index in [1.807, 2.05) is 6.07 Å². The standard InChI is InChI=1S/C25H22N4O4S/c1-33-25-13-9-20(16-27-25)19-7-10-21(11-8-19)34(31,32)29-15-14-18(17-29)6-12-24(30)28-23-5-3-2-4-22(23)26/h2-17H,26H2,1H3,(H,28,30)/b12-6+. The van der Waals surface area contributed by atoms with Crippen LogP contribution in [0.25, 0.3) is 17.2 Å². The van der Waals surface area contributed by atoms with Crippen LogP contribution in [0.2, 0.25) is 0 Å². The highest BCUT2D eigenvalue weighted by Gasteiger charge is 2.16. The second kappa shape index (κ2) is 9.63. The molecule has 0 fully saturated rings. The molecule has 0 radical (unpaired) electrons. The van der Waals surface area contributed by atoms with Crippen molar-refractivity contribution in [3.63, 3.8) is 0 Å². The number of para-hydroxylation sites is 2. The molecule has 1 amide bonds. The molecule has 0 unspecified atom stereocenters. The minimum atomic E-state index is -3.79. The SMILES string of the molecule is COc1ccc(-c2ccc(S(=O)(=O)n3ccc(/C=C/C(=O)Nc4ccccc4N)c3)cc2)cn1. The third-order valence-electron chi connectivity index (χ3n) is 5.04. The summed E-state index contributed by atoms with van der Waals surface area (Å²) in [5.74, 6) is 0.124. The number of amides is 1. The lowest BCUT2D eigenvalue weighted by Crippen LogP contribution is -2.10. The molecule has 8 nitrogen and oxygen atoms in total. The Hall–Kier alpha value is -4.37. The number of pyridine rings is 1. The van der Waals surface area contributed by atoms with Gasteiger partial charge < -0.3 is 15.8 Å². The van der Waals surface area contributed by atoms with Crippen LogP contribution in [0.5, 0.6) is 5.88 Å². The quantitative estimate of drug-likeness (QED) is 0.309. The Balaban J connectivity index is 1.47. The van der Waals surface area contributed by atoms with E-state index >= 15 is 0 Å². The Kier molecular flexibility index (Phi) is 6.46. The number of ether oxygens (including phenoxy) is 1. The van der Waals surface area contributed by atoms with Crippen LogP contribution in [0, 0.1) is 0 Å². The maximum atomic E-state index is 13.0. The first-order chi connectivity index (χ1) is 16.4. The van der Waals surface area contributed by atoms with Gasteiger partial charge in [0.15, 0.2) is 0 Å². The van der Waals surface area contributed by atoms with E-state index in [4.69, 9.17) is 10.5 Å². The van der Waals surface area contributed by atoms with Crippen molar-refractivity contribution >= 4 is 33.4 Å². The second-order valence-electron chi connectivity index (χ2n) is 7.30. The summed E-state index contributed by atoms with van der Waals surface area (Å²) >= 11 is 0. The third-order valence-corrected chi connectivity index (χ3v) is 6.69. The molecule has 2 aromatic carbocycles. The molecule has 2 heterocycles. The number of carbonyl (C=O) groups is 1. The predicted molar refractivity (Wildman–Crippen MR) is 132 cm³/mol. The molecule has 0 aliphatic heterocycles. The minimum absolute atomic E-state index is 0.140. The first-order valence-electron chi connectivity index (χ1n) is 10.2. The van der Waals surface area contributed by atoms with Gasteiger partial charge in [-0.25, -0.2) is 17.4 Å². The number of nitrogens with one attached hydrogen (secondary N) is 1. The van der Waals surface area contributed by atoms with Crippen LogP contribution in [-0.2, 0) is 14.8 Å². The van der Waals surface area contributed by atoms with Gasteiger partial charge in [-0.2, -0.15) is 0 Å². The molecule has 0 saturated heterocycles. The van der Waals surface area contributed by atoms with Crippen molar-refractivity contribution in [2.75, 3.05) is 18.2 Å². The molecule has 4 aromatic rings. The number of anilines is 2. The van der Waals surface area contributed by atoms with Crippen molar-refractivity contribution in [1.82, 2.24) is 8.96 Å². The van der Waals surface area contributed by atoms with Crippen molar-refractivity contribution in [3.8, 4) is 17.0 Å². The summed E-state index contributed by atoms with van der Waals surface area (Å²) in [4.78, 5) is 16.5. The number of nitrogens with two attached hydrogens (primary N) is 1. The number of nitrogen functional groups attached to an aromatic ring is 1. The fourth-order valence-electron chi connectivity index (χ4n) is 3.21. The zero-order chi connectivity index (χ0) is 24.1. The van der Waals surface area contributed by atoms with Crippen molar-refractivity contribution < 1.29 is 17.9 Å². The van der Waals surface area contributed by atoms with Crippen LogP contribution in [-0.4, -0.2) is 30.4 Å². The monoisotopic (exact) mass is 474 g/mol. The molecule has 4 rings (SSSR count). The van der Waals surface area contributed by atoms with E-state index in [1.165, 1.54) is 24.5 Å². The molecule has 34 heavy (non-hydrogen) atoms. The van der Waals surface area contributed by atoms with E-state index in [-0.39, 0.29) is 10.8 Å². The van der Waals surface area contributed by atoms with Gasteiger partial charge in [0, 0.05) is 36.3 Å². The van der Waals surface area contributed by atoms with E-state index in [0.717, 1.165) is 15.1 Å². The average molecular weight is 475 g/mol. The summed E-state index contributed by atoms with van der Waals surface area (Å²) < 4.78 is 32.2. The molecule has 0 spiro atoms. The van der Waals surface area contributed by atoms with Crippen LogP contribution in [0.15, 0.2) is 96.3 Å². The van der Waals surface area contributed by atoms with Crippen molar-refractivity contribution in [2.24, 2.45) is 0 Å². The molecule has 0 atom stereocenters. The lowest BCUT2D eigenvalue weighted by atomic mass is 10.1. The smallest absolute Gasteiger partial charge is 0.267 e. The van der Waals surface area contributed by atoms with Crippen molar-refractivity contribution in [2.45, 2.75) is 4.90 Å². The van der Waals surface area contributed by atoms with Crippen molar-refractivity contribution in [3.05, 3.63) is 97.0 Å². The largest absolute Gasteiger partial charge is 0.481 e. The number of nitrogens with zero attached hydrogens (tertiary/aromatic N) is 2. The summed E-state index contributed by atoms with van der Waals surface area (Å²) in [6.07, 6.45) is 7.38. The van der Waals surface area contributed by atoms with Crippen LogP contribution in [0.3, 0.4) is 0 Å². The first kappa shape index (κ1) is 22.8. The number of methoxy groups -OCH3 is 1. The number of carbonyl (C=O) groups excluding carboxylic acids is 1. The van der Waals surface area contributed by atoms with Crippen LogP contribution < -0.4 is 15.8 Å². The lowest BCUT2D eigenvalue weighted by molar-refractivity contribution is -0.111. The Bertz CT molecular complexity index is 1440. The number of hydrogen-bond acceptors (Lipinski definition) is 6. The number of rotatable bonds is 7. The Morgan fingerprint density at radius 3 is 2.44 bits per heavy atom. The summed E-state index contributed by atoms with van der Waals surface area (Å²) in [5.41, 5.74) is 9.01. The lowest BCUT2D eigenvalue weighted by Gasteiger charge is -2.07. The molecule has 3 N–H and O–H groups in total. The van der Waals surface area contributed by atoms with E-state index in [2.05, 4.69) is 10.3 Å². The zero-order valence-electron chi connectivity index (χ0n) is 18.3. The number of aromatic nitrogens is 2. The molecule has 2 aromatic heterocycles. The molecule has 0 saturated carbocycles.